The van der Waals surface area contributed by atoms with Crippen molar-refractivity contribution in [1.29, 1.82) is 0 Å². The molecule has 1 aliphatic carbocycles. The van der Waals surface area contributed by atoms with E-state index in [1.54, 1.807) is 24.3 Å². The molecule has 0 saturated heterocycles. The van der Waals surface area contributed by atoms with Crippen LogP contribution in [0.5, 0.6) is 5.75 Å². The summed E-state index contributed by atoms with van der Waals surface area (Å²) in [5, 5.41) is 3.18. The summed E-state index contributed by atoms with van der Waals surface area (Å²) < 4.78 is 33.4. The predicted molar refractivity (Wildman–Crippen MR) is 169 cm³/mol. The van der Waals surface area contributed by atoms with Crippen molar-refractivity contribution < 1.29 is 22.7 Å². The van der Waals surface area contributed by atoms with Gasteiger partial charge in [0.05, 0.1) is 18.6 Å². The Morgan fingerprint density at radius 1 is 0.952 bits per heavy atom. The van der Waals surface area contributed by atoms with Gasteiger partial charge < -0.3 is 15.0 Å². The average molecular weight is 657 g/mol. The fourth-order valence-electron chi connectivity index (χ4n) is 5.20. The van der Waals surface area contributed by atoms with Crippen molar-refractivity contribution in [3.8, 4) is 5.75 Å². The van der Waals surface area contributed by atoms with Gasteiger partial charge in [0.15, 0.2) is 0 Å². The smallest absolute Gasteiger partial charge is 0.244 e. The SMILES string of the molecule is CCOc1ccc(N(CC(=O)N(Cc2ccc(Br)cc2)C(Cc2ccccc2)C(=O)NC2CCCC2)S(C)(=O)=O)cc1. The van der Waals surface area contributed by atoms with Crippen molar-refractivity contribution in [2.24, 2.45) is 0 Å². The first-order chi connectivity index (χ1) is 20.1. The Morgan fingerprint density at radius 2 is 1.60 bits per heavy atom. The van der Waals surface area contributed by atoms with Gasteiger partial charge in [0.25, 0.3) is 0 Å². The highest BCUT2D eigenvalue weighted by Crippen LogP contribution is 2.24. The lowest BCUT2D eigenvalue weighted by Crippen LogP contribution is -2.54. The fourth-order valence-corrected chi connectivity index (χ4v) is 6.31. The Bertz CT molecular complexity index is 1430. The van der Waals surface area contributed by atoms with E-state index >= 15 is 0 Å². The molecule has 1 atom stereocenters. The van der Waals surface area contributed by atoms with Crippen LogP contribution in [0.1, 0.15) is 43.7 Å². The second kappa shape index (κ2) is 14.7. The van der Waals surface area contributed by atoms with E-state index in [9.17, 15) is 18.0 Å². The summed E-state index contributed by atoms with van der Waals surface area (Å²) >= 11 is 3.45. The number of halogens is 1. The summed E-state index contributed by atoms with van der Waals surface area (Å²) in [6.07, 6.45) is 5.30. The summed E-state index contributed by atoms with van der Waals surface area (Å²) in [6, 6.07) is 22.9. The average Bonchev–Trinajstić information content (AvgIpc) is 3.48. The van der Waals surface area contributed by atoms with E-state index < -0.39 is 28.5 Å². The molecule has 1 unspecified atom stereocenters. The maximum atomic E-state index is 14.2. The number of hydrogen-bond donors (Lipinski definition) is 1. The summed E-state index contributed by atoms with van der Waals surface area (Å²) in [7, 11) is -3.84. The monoisotopic (exact) mass is 655 g/mol. The molecule has 0 aromatic heterocycles. The highest BCUT2D eigenvalue weighted by molar-refractivity contribution is 9.10. The predicted octanol–water partition coefficient (Wildman–Crippen LogP) is 5.31. The lowest BCUT2D eigenvalue weighted by molar-refractivity contribution is -0.140. The molecule has 3 aromatic rings. The van der Waals surface area contributed by atoms with Crippen LogP contribution in [0.25, 0.3) is 0 Å². The highest BCUT2D eigenvalue weighted by atomic mass is 79.9. The van der Waals surface area contributed by atoms with Gasteiger partial charge >= 0.3 is 0 Å². The van der Waals surface area contributed by atoms with Gasteiger partial charge in [-0.1, -0.05) is 71.2 Å². The number of carbonyl (C=O) groups is 2. The van der Waals surface area contributed by atoms with Crippen molar-refractivity contribution in [3.05, 3.63) is 94.5 Å². The first-order valence-corrected chi connectivity index (χ1v) is 16.9. The van der Waals surface area contributed by atoms with Crippen LogP contribution in [0.2, 0.25) is 0 Å². The summed E-state index contributed by atoms with van der Waals surface area (Å²) in [4.78, 5) is 29.6. The largest absolute Gasteiger partial charge is 0.494 e. The number of hydrogen-bond acceptors (Lipinski definition) is 5. The van der Waals surface area contributed by atoms with Crippen molar-refractivity contribution in [1.82, 2.24) is 10.2 Å². The summed E-state index contributed by atoms with van der Waals surface area (Å²) in [6.45, 7) is 2.03. The minimum absolute atomic E-state index is 0.0665. The normalized spacial score (nSPS) is 14.3. The van der Waals surface area contributed by atoms with Gasteiger partial charge in [-0.2, -0.15) is 0 Å². The van der Waals surface area contributed by atoms with E-state index in [1.807, 2.05) is 61.5 Å². The quantitative estimate of drug-likeness (QED) is 0.269. The van der Waals surface area contributed by atoms with E-state index in [1.165, 1.54) is 4.90 Å². The zero-order valence-corrected chi connectivity index (χ0v) is 26.4. The molecule has 42 heavy (non-hydrogen) atoms. The molecule has 3 aromatic carbocycles. The molecular formula is C32H38BrN3O5S. The molecule has 224 valence electrons. The van der Waals surface area contributed by atoms with E-state index in [2.05, 4.69) is 21.2 Å². The molecular weight excluding hydrogens is 618 g/mol. The molecule has 0 heterocycles. The Labute approximate surface area is 257 Å². The van der Waals surface area contributed by atoms with Crippen LogP contribution in [0.3, 0.4) is 0 Å². The minimum atomic E-state index is -3.84. The molecule has 0 radical (unpaired) electrons. The van der Waals surface area contributed by atoms with Crippen molar-refractivity contribution in [3.63, 3.8) is 0 Å². The lowest BCUT2D eigenvalue weighted by atomic mass is 10.0. The molecule has 0 bridgehead atoms. The van der Waals surface area contributed by atoms with Crippen LogP contribution in [0, 0.1) is 0 Å². The standard InChI is InChI=1S/C32H38BrN3O5S/c1-3-41-29-19-17-28(18-20-29)36(42(2,39)40)23-31(37)35(22-25-13-15-26(33)16-14-25)30(21-24-9-5-4-6-10-24)32(38)34-27-11-7-8-12-27/h4-6,9-10,13-20,27,30H,3,7-8,11-12,21-23H2,1-2H3,(H,34,38). The van der Waals surface area contributed by atoms with E-state index in [4.69, 9.17) is 4.74 Å². The third-order valence-corrected chi connectivity index (χ3v) is 9.02. The van der Waals surface area contributed by atoms with Crippen LogP contribution >= 0.6 is 15.9 Å². The number of sulfonamides is 1. The molecule has 4 rings (SSSR count). The third-order valence-electron chi connectivity index (χ3n) is 7.35. The van der Waals surface area contributed by atoms with Gasteiger partial charge in [-0.15, -0.1) is 0 Å². The molecule has 0 spiro atoms. The molecule has 1 aliphatic rings. The van der Waals surface area contributed by atoms with Crippen LogP contribution < -0.4 is 14.4 Å². The number of nitrogens with zero attached hydrogens (tertiary/aromatic N) is 2. The molecule has 8 nitrogen and oxygen atoms in total. The van der Waals surface area contributed by atoms with Crippen molar-refractivity contribution >= 4 is 43.5 Å². The molecule has 1 fully saturated rings. The first-order valence-electron chi connectivity index (χ1n) is 14.2. The Morgan fingerprint density at radius 3 is 2.19 bits per heavy atom. The number of carbonyl (C=O) groups excluding carboxylic acids is 2. The lowest BCUT2D eigenvalue weighted by Gasteiger charge is -2.34. The third kappa shape index (κ3) is 8.82. The highest BCUT2D eigenvalue weighted by Gasteiger charge is 2.34. The molecule has 1 N–H and O–H groups in total. The number of ether oxygens (including phenoxy) is 1. The van der Waals surface area contributed by atoms with Gasteiger partial charge in [0.1, 0.15) is 18.3 Å². The van der Waals surface area contributed by atoms with Crippen LogP contribution in [-0.4, -0.2) is 56.6 Å². The Hall–Kier alpha value is -3.37. The first kappa shape index (κ1) is 31.6. The van der Waals surface area contributed by atoms with Crippen molar-refractivity contribution in [2.75, 3.05) is 23.7 Å². The zero-order chi connectivity index (χ0) is 30.1. The van der Waals surface area contributed by atoms with E-state index in [-0.39, 0.29) is 18.5 Å². The van der Waals surface area contributed by atoms with Crippen LogP contribution in [0.15, 0.2) is 83.3 Å². The fraction of sp³-hybridized carbons (Fsp3) is 0.375. The maximum absolute atomic E-state index is 14.2. The van der Waals surface area contributed by atoms with Gasteiger partial charge in [0, 0.05) is 23.5 Å². The van der Waals surface area contributed by atoms with Gasteiger partial charge in [-0.05, 0) is 67.3 Å². The van der Waals surface area contributed by atoms with Gasteiger partial charge in [-0.3, -0.25) is 13.9 Å². The maximum Gasteiger partial charge on any atom is 0.244 e. The van der Waals surface area contributed by atoms with Crippen molar-refractivity contribution in [2.45, 2.75) is 57.7 Å². The van der Waals surface area contributed by atoms with E-state index in [0.717, 1.165) is 51.8 Å². The molecule has 1 saturated carbocycles. The molecule has 2 amide bonds. The zero-order valence-electron chi connectivity index (χ0n) is 24.0. The number of nitrogens with one attached hydrogen (secondary N) is 1. The summed E-state index contributed by atoms with van der Waals surface area (Å²) in [5.41, 5.74) is 2.07. The Balaban J connectivity index is 1.70. The Kier molecular flexibility index (Phi) is 11.0. The van der Waals surface area contributed by atoms with Gasteiger partial charge in [-0.25, -0.2) is 8.42 Å². The second-order valence-electron chi connectivity index (χ2n) is 10.5. The number of amides is 2. The topological polar surface area (TPSA) is 96.0 Å². The number of benzene rings is 3. The van der Waals surface area contributed by atoms with Crippen LogP contribution in [-0.2, 0) is 32.6 Å². The van der Waals surface area contributed by atoms with E-state index in [0.29, 0.717) is 24.5 Å². The second-order valence-corrected chi connectivity index (χ2v) is 13.4. The molecule has 10 heteroatoms. The molecule has 0 aliphatic heterocycles. The minimum Gasteiger partial charge on any atom is -0.494 e. The van der Waals surface area contributed by atoms with Gasteiger partial charge in [0.2, 0.25) is 21.8 Å². The number of anilines is 1. The number of rotatable bonds is 13. The summed E-state index contributed by atoms with van der Waals surface area (Å²) in [5.74, 6) is -0.104. The van der Waals surface area contributed by atoms with Crippen LogP contribution in [0.4, 0.5) is 5.69 Å².